The molecule has 2 saturated carbocycles. The van der Waals surface area contributed by atoms with Crippen LogP contribution in [-0.2, 0) is 29.1 Å². The van der Waals surface area contributed by atoms with E-state index < -0.39 is 92.4 Å². The van der Waals surface area contributed by atoms with Crippen LogP contribution in [0.5, 0.6) is 17.4 Å². The van der Waals surface area contributed by atoms with E-state index in [1.165, 1.54) is 34.3 Å². The number of amides is 4. The molecular weight excluding hydrogens is 840 g/mol. The Morgan fingerprint density at radius 1 is 1.10 bits per heavy atom. The number of hydrogen-bond acceptors (Lipinski definition) is 11. The highest BCUT2D eigenvalue weighted by Gasteiger charge is 2.64. The number of alkyl halides is 3. The number of rotatable bonds is 12. The van der Waals surface area contributed by atoms with E-state index in [0.717, 1.165) is 4.90 Å². The number of ether oxygens (including phenoxy) is 4. The van der Waals surface area contributed by atoms with Crippen molar-refractivity contribution >= 4 is 44.6 Å². The van der Waals surface area contributed by atoms with E-state index in [2.05, 4.69) is 15.0 Å². The van der Waals surface area contributed by atoms with E-state index in [-0.39, 0.29) is 49.2 Å². The maximum atomic E-state index is 15.1. The molecule has 16 nitrogen and oxygen atoms in total. The second-order valence-corrected chi connectivity index (χ2v) is 20.0. The van der Waals surface area contributed by atoms with Gasteiger partial charge in [-0.2, -0.15) is 13.2 Å². The van der Waals surface area contributed by atoms with Crippen LogP contribution in [0.15, 0.2) is 36.5 Å². The molecule has 4 amide bonds. The Morgan fingerprint density at radius 3 is 2.44 bits per heavy atom. The van der Waals surface area contributed by atoms with E-state index in [1.807, 2.05) is 6.92 Å². The largest absolute Gasteiger partial charge is 0.497 e. The number of nitrogens with one attached hydrogen (secondary N) is 2. The Hall–Kier alpha value is -4.85. The first-order valence-corrected chi connectivity index (χ1v) is 22.2. The lowest BCUT2D eigenvalue weighted by atomic mass is 9.85. The quantitative estimate of drug-likeness (QED) is 0.186. The van der Waals surface area contributed by atoms with E-state index in [4.69, 9.17) is 18.9 Å². The average Bonchev–Trinajstić information content (AvgIpc) is 4.08. The van der Waals surface area contributed by atoms with Crippen molar-refractivity contribution in [3.63, 3.8) is 0 Å². The molecule has 62 heavy (non-hydrogen) atoms. The third kappa shape index (κ3) is 9.12. The van der Waals surface area contributed by atoms with Gasteiger partial charge in [0.1, 0.15) is 47.4 Å². The minimum absolute atomic E-state index is 0.0356. The number of carbonyl (C=O) groups excluding carboxylic acids is 3. The molecule has 20 heteroatoms. The number of pyridine rings is 1. The molecular formula is C42H56F3N5O11S. The number of fused-ring (bicyclic) bond motifs is 3. The van der Waals surface area contributed by atoms with Gasteiger partial charge in [0, 0.05) is 30.2 Å². The number of carbonyl (C=O) groups is 4. The molecule has 3 heterocycles. The summed E-state index contributed by atoms with van der Waals surface area (Å²) >= 11 is 0. The maximum absolute atomic E-state index is 15.1. The zero-order chi connectivity index (χ0) is 45.6. The van der Waals surface area contributed by atoms with Crippen molar-refractivity contribution in [3.8, 4) is 17.4 Å². The number of sulfonamides is 1. The molecule has 1 aromatic heterocycles. The van der Waals surface area contributed by atoms with Gasteiger partial charge in [0.25, 0.3) is 5.91 Å². The first-order chi connectivity index (χ1) is 29.0. The summed E-state index contributed by atoms with van der Waals surface area (Å²) in [4.78, 5) is 62.4. The van der Waals surface area contributed by atoms with Gasteiger partial charge in [0.2, 0.25) is 27.7 Å². The van der Waals surface area contributed by atoms with Crippen LogP contribution >= 0.6 is 0 Å². The van der Waals surface area contributed by atoms with Crippen LogP contribution in [0.25, 0.3) is 10.8 Å². The Balaban J connectivity index is 1.42. The predicted molar refractivity (Wildman–Crippen MR) is 219 cm³/mol. The van der Waals surface area contributed by atoms with E-state index in [1.54, 1.807) is 30.4 Å². The third-order valence-corrected chi connectivity index (χ3v) is 15.0. The molecule has 0 spiro atoms. The lowest BCUT2D eigenvalue weighted by molar-refractivity contribution is -0.222. The summed E-state index contributed by atoms with van der Waals surface area (Å²) < 4.78 is 94.7. The summed E-state index contributed by atoms with van der Waals surface area (Å²) in [5.74, 6) is -3.80. The average molecular weight is 896 g/mol. The molecule has 1 aromatic carbocycles. The molecule has 0 bridgehead atoms. The standard InChI is InChI=1S/C42H56F3N5O11S/c1-24-10-8-9-11-26-21-41(26,37(53)48-62(56,57)40(5)14-15-40)47-34(51)31-20-28(61-35-29-13-12-27(59-7)19-30(29)32(22-46-35)60-17-16-58-6)23-49(31)36(52)33(25(2)18-24)50(38(54)55)39(3,4)42(43,44)45/h9,11-13,19,22,24-26,28,31,33H,8,10,14-18,20-21,23H2,1-7H3,(H,47,51)(H,48,53)(H,54,55)/t24-,25+,26+,28+,31-,33-,41+/m0/s1. The van der Waals surface area contributed by atoms with Gasteiger partial charge in [-0.05, 0) is 89.3 Å². The second-order valence-electron chi connectivity index (χ2n) is 17.8. The minimum Gasteiger partial charge on any atom is -0.497 e. The fourth-order valence-electron chi connectivity index (χ4n) is 8.48. The van der Waals surface area contributed by atoms with Crippen molar-refractivity contribution in [2.75, 3.05) is 34.0 Å². The summed E-state index contributed by atoms with van der Waals surface area (Å²) in [6.07, 6.45) is -1.62. The van der Waals surface area contributed by atoms with Gasteiger partial charge in [-0.25, -0.2) is 18.2 Å². The fourth-order valence-corrected chi connectivity index (χ4v) is 9.80. The smallest absolute Gasteiger partial charge is 0.411 e. The molecule has 7 atom stereocenters. The molecule has 2 aliphatic carbocycles. The molecule has 342 valence electrons. The second kappa shape index (κ2) is 17.4. The highest BCUT2D eigenvalue weighted by atomic mass is 32.2. The molecule has 3 N–H and O–H groups in total. The van der Waals surface area contributed by atoms with E-state index in [0.29, 0.717) is 61.8 Å². The van der Waals surface area contributed by atoms with Crippen molar-refractivity contribution in [3.05, 3.63) is 36.5 Å². The highest BCUT2D eigenvalue weighted by molar-refractivity contribution is 7.91. The first kappa shape index (κ1) is 46.6. The summed E-state index contributed by atoms with van der Waals surface area (Å²) in [6.45, 7) is 6.33. The van der Waals surface area contributed by atoms with Crippen LogP contribution in [0.1, 0.15) is 79.6 Å². The number of nitrogens with zero attached hydrogens (tertiary/aromatic N) is 3. The Bertz CT molecular complexity index is 2200. The Morgan fingerprint density at radius 2 is 1.81 bits per heavy atom. The van der Waals surface area contributed by atoms with Crippen LogP contribution in [0, 0.1) is 17.8 Å². The lowest BCUT2D eigenvalue weighted by Gasteiger charge is -2.45. The number of methoxy groups -OCH3 is 2. The van der Waals surface area contributed by atoms with Crippen molar-refractivity contribution in [1.82, 2.24) is 24.8 Å². The van der Waals surface area contributed by atoms with Gasteiger partial charge in [-0.3, -0.25) is 24.0 Å². The van der Waals surface area contributed by atoms with Crippen molar-refractivity contribution in [1.29, 1.82) is 0 Å². The Labute approximate surface area is 358 Å². The molecule has 1 saturated heterocycles. The first-order valence-electron chi connectivity index (χ1n) is 20.7. The summed E-state index contributed by atoms with van der Waals surface area (Å²) in [5.41, 5.74) is -4.79. The van der Waals surface area contributed by atoms with Crippen LogP contribution in [0.4, 0.5) is 18.0 Å². The fraction of sp³-hybridized carbons (Fsp3) is 0.643. The summed E-state index contributed by atoms with van der Waals surface area (Å²) in [6, 6.07) is 1.60. The topological polar surface area (TPSA) is 203 Å². The van der Waals surface area contributed by atoms with Crippen LogP contribution in [0.2, 0.25) is 0 Å². The number of hydrogen-bond donors (Lipinski definition) is 3. The van der Waals surface area contributed by atoms with Gasteiger partial charge < -0.3 is 34.3 Å². The molecule has 6 rings (SSSR count). The molecule has 0 radical (unpaired) electrons. The maximum Gasteiger partial charge on any atom is 0.411 e. The molecule has 2 aromatic rings. The molecule has 2 aliphatic heterocycles. The van der Waals surface area contributed by atoms with E-state index in [9.17, 15) is 41.1 Å². The lowest BCUT2D eigenvalue weighted by Crippen LogP contribution is -2.66. The SMILES string of the molecule is COCCOc1cnc(O[C@@H]2C[C@H]3C(=O)N[C@]4(C(=O)NS(=O)(=O)C5(C)CC5)C[C@H]4C=CCC[C@H](C)C[C@@H](C)[C@H](N(C(=O)O)C(C)(C)C(F)(F)F)C(=O)N3C2)c2ccc(OC)cc12. The van der Waals surface area contributed by atoms with Crippen molar-refractivity contribution < 1.29 is 64.8 Å². The van der Waals surface area contributed by atoms with E-state index >= 15 is 4.79 Å². The zero-order valence-corrected chi connectivity index (χ0v) is 36.7. The number of halogens is 3. The van der Waals surface area contributed by atoms with Crippen LogP contribution in [-0.4, -0.2) is 126 Å². The number of carboxylic acid groups (broad SMARTS) is 1. The van der Waals surface area contributed by atoms with Gasteiger partial charge in [0.15, 0.2) is 0 Å². The number of allylic oxidation sites excluding steroid dienone is 1. The Kier molecular flexibility index (Phi) is 13.1. The van der Waals surface area contributed by atoms with Gasteiger partial charge in [-0.1, -0.05) is 26.0 Å². The highest BCUT2D eigenvalue weighted by Crippen LogP contribution is 2.48. The van der Waals surface area contributed by atoms with Crippen molar-refractivity contribution in [2.45, 2.75) is 120 Å². The molecule has 3 fully saturated rings. The molecule has 0 unspecified atom stereocenters. The van der Waals surface area contributed by atoms with Crippen LogP contribution < -0.4 is 24.2 Å². The molecule has 4 aliphatic rings. The number of aromatic nitrogens is 1. The minimum atomic E-state index is -5.11. The normalized spacial score (nSPS) is 27.8. The number of benzene rings is 1. The van der Waals surface area contributed by atoms with Gasteiger partial charge in [0.05, 0.1) is 31.2 Å². The van der Waals surface area contributed by atoms with Crippen molar-refractivity contribution in [2.24, 2.45) is 17.8 Å². The third-order valence-electron chi connectivity index (χ3n) is 12.8. The summed E-state index contributed by atoms with van der Waals surface area (Å²) in [7, 11) is -1.13. The predicted octanol–water partition coefficient (Wildman–Crippen LogP) is 5.19. The van der Waals surface area contributed by atoms with Crippen LogP contribution in [0.3, 0.4) is 0 Å². The zero-order valence-electron chi connectivity index (χ0n) is 35.9. The monoisotopic (exact) mass is 895 g/mol. The summed E-state index contributed by atoms with van der Waals surface area (Å²) in [5, 5.41) is 14.2. The van der Waals surface area contributed by atoms with Gasteiger partial charge in [-0.15, -0.1) is 0 Å². The van der Waals surface area contributed by atoms with Gasteiger partial charge >= 0.3 is 12.3 Å².